The van der Waals surface area contributed by atoms with Gasteiger partial charge in [0.25, 0.3) is 0 Å². The molecule has 3 amide bonds. The molecule has 5 heteroatoms. The van der Waals surface area contributed by atoms with Gasteiger partial charge in [0.1, 0.15) is 0 Å². The number of aryl methyl sites for hydroxylation is 2. The van der Waals surface area contributed by atoms with E-state index in [2.05, 4.69) is 25.2 Å². The van der Waals surface area contributed by atoms with E-state index in [1.807, 2.05) is 12.1 Å². The maximum atomic E-state index is 11.8. The summed E-state index contributed by atoms with van der Waals surface area (Å²) < 4.78 is 0. The minimum absolute atomic E-state index is 0.131. The number of nitrogens with one attached hydrogen (secondary N) is 1. The van der Waals surface area contributed by atoms with Crippen LogP contribution in [0, 0.1) is 13.8 Å². The molecule has 1 aliphatic rings. The van der Waals surface area contributed by atoms with E-state index in [9.17, 15) is 9.59 Å². The fourth-order valence-electron chi connectivity index (χ4n) is 1.74. The summed E-state index contributed by atoms with van der Waals surface area (Å²) in [4.78, 5) is 25.5. The lowest BCUT2D eigenvalue weighted by Crippen LogP contribution is -2.35. The van der Waals surface area contributed by atoms with E-state index in [0.29, 0.717) is 18.8 Å². The Hall–Kier alpha value is -1.49. The van der Waals surface area contributed by atoms with Gasteiger partial charge in [-0.3, -0.25) is 9.69 Å². The van der Waals surface area contributed by atoms with E-state index in [4.69, 9.17) is 0 Å². The van der Waals surface area contributed by atoms with Crippen molar-refractivity contribution in [2.45, 2.75) is 18.7 Å². The molecule has 0 bridgehead atoms. The molecule has 1 saturated heterocycles. The normalized spacial score (nSPS) is 14.8. The van der Waals surface area contributed by atoms with Crippen LogP contribution in [0.5, 0.6) is 0 Å². The molecular formula is C13H16N2O2S. The van der Waals surface area contributed by atoms with Gasteiger partial charge in [-0.1, -0.05) is 6.07 Å². The van der Waals surface area contributed by atoms with Crippen LogP contribution in [0.4, 0.5) is 4.79 Å². The summed E-state index contributed by atoms with van der Waals surface area (Å²) >= 11 is 1.47. The van der Waals surface area contributed by atoms with Crippen LogP contribution in [0.15, 0.2) is 23.1 Å². The Kier molecular flexibility index (Phi) is 3.91. The van der Waals surface area contributed by atoms with Gasteiger partial charge in [0.2, 0.25) is 5.91 Å². The summed E-state index contributed by atoms with van der Waals surface area (Å²) in [5.41, 5.74) is 2.45. The number of hydrogen-bond donors (Lipinski definition) is 1. The number of hydrogen-bond acceptors (Lipinski definition) is 3. The van der Waals surface area contributed by atoms with Gasteiger partial charge in [-0.05, 0) is 37.1 Å². The molecule has 96 valence electrons. The number of amides is 3. The average Bonchev–Trinajstić information content (AvgIpc) is 2.77. The highest BCUT2D eigenvalue weighted by atomic mass is 32.2. The van der Waals surface area contributed by atoms with E-state index in [1.54, 1.807) is 0 Å². The monoisotopic (exact) mass is 264 g/mol. The van der Waals surface area contributed by atoms with Gasteiger partial charge < -0.3 is 5.32 Å². The molecule has 0 saturated carbocycles. The largest absolute Gasteiger partial charge is 0.336 e. The van der Waals surface area contributed by atoms with Gasteiger partial charge >= 0.3 is 6.03 Å². The van der Waals surface area contributed by atoms with Crippen molar-refractivity contribution in [2.24, 2.45) is 0 Å². The van der Waals surface area contributed by atoms with Crippen LogP contribution < -0.4 is 5.32 Å². The molecular weight excluding hydrogens is 248 g/mol. The van der Waals surface area contributed by atoms with Crippen LogP contribution in [-0.4, -0.2) is 35.7 Å². The zero-order chi connectivity index (χ0) is 13.1. The predicted molar refractivity (Wildman–Crippen MR) is 71.8 cm³/mol. The summed E-state index contributed by atoms with van der Waals surface area (Å²) in [6, 6.07) is 5.84. The second-order valence-electron chi connectivity index (χ2n) is 4.31. The molecule has 1 fully saturated rings. The Bertz CT molecular complexity index is 488. The first-order valence-electron chi connectivity index (χ1n) is 5.86. The third kappa shape index (κ3) is 2.85. The number of imide groups is 1. The van der Waals surface area contributed by atoms with Crippen LogP contribution in [0.2, 0.25) is 0 Å². The second kappa shape index (κ2) is 5.44. The zero-order valence-corrected chi connectivity index (χ0v) is 11.3. The van der Waals surface area contributed by atoms with E-state index < -0.39 is 0 Å². The van der Waals surface area contributed by atoms with Gasteiger partial charge in [0.15, 0.2) is 0 Å². The van der Waals surface area contributed by atoms with Gasteiger partial charge in [-0.25, -0.2) is 4.79 Å². The summed E-state index contributed by atoms with van der Waals surface area (Å²) in [5.74, 6) is 0.170. The lowest BCUT2D eigenvalue weighted by atomic mass is 10.1. The molecule has 0 aliphatic carbocycles. The number of thioether (sulfide) groups is 1. The Morgan fingerprint density at radius 1 is 1.39 bits per heavy atom. The topological polar surface area (TPSA) is 49.4 Å². The van der Waals surface area contributed by atoms with Gasteiger partial charge in [-0.2, -0.15) is 0 Å². The number of nitrogens with zero attached hydrogens (tertiary/aromatic N) is 1. The minimum atomic E-state index is -0.277. The molecule has 0 unspecified atom stereocenters. The molecule has 1 aliphatic heterocycles. The smallest absolute Gasteiger partial charge is 0.324 e. The van der Waals surface area contributed by atoms with E-state index >= 15 is 0 Å². The molecule has 1 aromatic rings. The molecule has 1 heterocycles. The lowest BCUT2D eigenvalue weighted by molar-refractivity contribution is -0.124. The number of carbonyl (C=O) groups is 2. The van der Waals surface area contributed by atoms with Crippen molar-refractivity contribution >= 4 is 23.7 Å². The highest BCUT2D eigenvalue weighted by molar-refractivity contribution is 8.00. The fourth-order valence-corrected chi connectivity index (χ4v) is 2.61. The summed E-state index contributed by atoms with van der Waals surface area (Å²) in [6.07, 6.45) is 0. The van der Waals surface area contributed by atoms with Crippen LogP contribution >= 0.6 is 11.8 Å². The fraction of sp³-hybridized carbons (Fsp3) is 0.385. The van der Waals surface area contributed by atoms with Crippen LogP contribution in [0.1, 0.15) is 11.1 Å². The summed E-state index contributed by atoms with van der Waals surface area (Å²) in [6.45, 7) is 5.14. The molecule has 2 rings (SSSR count). The first-order chi connectivity index (χ1) is 8.58. The highest BCUT2D eigenvalue weighted by Crippen LogP contribution is 2.21. The Balaban J connectivity index is 1.93. The molecule has 4 nitrogen and oxygen atoms in total. The Morgan fingerprint density at radius 3 is 2.78 bits per heavy atom. The van der Waals surface area contributed by atoms with Crippen molar-refractivity contribution in [3.05, 3.63) is 29.3 Å². The number of urea groups is 1. The number of benzene rings is 1. The molecule has 1 N–H and O–H groups in total. The van der Waals surface area contributed by atoms with Gasteiger partial charge in [0, 0.05) is 18.0 Å². The van der Waals surface area contributed by atoms with Crippen LogP contribution in [-0.2, 0) is 4.79 Å². The lowest BCUT2D eigenvalue weighted by Gasteiger charge is -2.11. The first kappa shape index (κ1) is 13.0. The minimum Gasteiger partial charge on any atom is -0.336 e. The third-order valence-corrected chi connectivity index (χ3v) is 3.98. The van der Waals surface area contributed by atoms with Crippen molar-refractivity contribution in [3.8, 4) is 0 Å². The standard InChI is InChI=1S/C13H16N2O2S/c1-9-3-4-11(7-10(9)2)18-8-12(16)15-6-5-14-13(15)17/h3-4,7H,5-6,8H2,1-2H3,(H,14,17). The third-order valence-electron chi connectivity index (χ3n) is 3.00. The van der Waals surface area contributed by atoms with E-state index in [0.717, 1.165) is 4.90 Å². The molecule has 18 heavy (non-hydrogen) atoms. The first-order valence-corrected chi connectivity index (χ1v) is 6.85. The zero-order valence-electron chi connectivity index (χ0n) is 10.5. The van der Waals surface area contributed by atoms with Crippen LogP contribution in [0.25, 0.3) is 0 Å². The van der Waals surface area contributed by atoms with Gasteiger partial charge in [-0.15, -0.1) is 11.8 Å². The Morgan fingerprint density at radius 2 is 2.17 bits per heavy atom. The summed E-state index contributed by atoms with van der Waals surface area (Å²) in [5, 5.41) is 2.62. The average molecular weight is 264 g/mol. The molecule has 1 aromatic carbocycles. The molecule has 0 aromatic heterocycles. The quantitative estimate of drug-likeness (QED) is 0.849. The predicted octanol–water partition coefficient (Wildman–Crippen LogP) is 1.95. The van der Waals surface area contributed by atoms with Crippen LogP contribution in [0.3, 0.4) is 0 Å². The number of rotatable bonds is 3. The number of carbonyl (C=O) groups excluding carboxylic acids is 2. The molecule has 0 radical (unpaired) electrons. The molecule has 0 atom stereocenters. The van der Waals surface area contributed by atoms with Crippen molar-refractivity contribution in [3.63, 3.8) is 0 Å². The maximum Gasteiger partial charge on any atom is 0.324 e. The van der Waals surface area contributed by atoms with Crippen molar-refractivity contribution in [1.29, 1.82) is 0 Å². The van der Waals surface area contributed by atoms with Crippen molar-refractivity contribution in [1.82, 2.24) is 10.2 Å². The van der Waals surface area contributed by atoms with Gasteiger partial charge in [0.05, 0.1) is 5.75 Å². The van der Waals surface area contributed by atoms with Crippen molar-refractivity contribution < 1.29 is 9.59 Å². The highest BCUT2D eigenvalue weighted by Gasteiger charge is 2.25. The van der Waals surface area contributed by atoms with E-state index in [1.165, 1.54) is 27.8 Å². The SMILES string of the molecule is Cc1ccc(SCC(=O)N2CCNC2=O)cc1C. The second-order valence-corrected chi connectivity index (χ2v) is 5.36. The molecule has 0 spiro atoms. The maximum absolute atomic E-state index is 11.8. The van der Waals surface area contributed by atoms with E-state index in [-0.39, 0.29) is 11.9 Å². The van der Waals surface area contributed by atoms with Crippen molar-refractivity contribution in [2.75, 3.05) is 18.8 Å². The Labute approximate surface area is 111 Å². The summed E-state index contributed by atoms with van der Waals surface area (Å²) in [7, 11) is 0.